The number of carbonyl (C=O) groups is 1. The number of rotatable bonds is 3. The van der Waals surface area contributed by atoms with Gasteiger partial charge in [-0.3, -0.25) is 4.79 Å². The van der Waals surface area contributed by atoms with E-state index in [0.29, 0.717) is 18.3 Å². The van der Waals surface area contributed by atoms with Gasteiger partial charge in [-0.05, 0) is 26.2 Å². The van der Waals surface area contributed by atoms with E-state index >= 15 is 0 Å². The Kier molecular flexibility index (Phi) is 3.76. The standard InChI is InChI=1S/C12H17N3O3/c1-12(5-3-4-6-18-12)11(16)15-9-7-10(17-2)14-8-13-9/h7-8H,3-6H2,1-2H3,(H,13,14,15,16). The van der Waals surface area contributed by atoms with E-state index in [2.05, 4.69) is 15.3 Å². The zero-order chi connectivity index (χ0) is 13.0. The van der Waals surface area contributed by atoms with E-state index in [4.69, 9.17) is 9.47 Å². The number of hydrogen-bond acceptors (Lipinski definition) is 5. The molecular weight excluding hydrogens is 234 g/mol. The quantitative estimate of drug-likeness (QED) is 0.878. The number of nitrogens with one attached hydrogen (secondary N) is 1. The van der Waals surface area contributed by atoms with Crippen LogP contribution in [0.5, 0.6) is 5.88 Å². The van der Waals surface area contributed by atoms with E-state index in [9.17, 15) is 4.79 Å². The van der Waals surface area contributed by atoms with Crippen molar-refractivity contribution in [3.63, 3.8) is 0 Å². The molecule has 1 aromatic heterocycles. The van der Waals surface area contributed by atoms with E-state index in [1.165, 1.54) is 13.4 Å². The summed E-state index contributed by atoms with van der Waals surface area (Å²) in [7, 11) is 1.51. The maximum atomic E-state index is 12.2. The van der Waals surface area contributed by atoms with Crippen molar-refractivity contribution in [3.8, 4) is 5.88 Å². The third kappa shape index (κ3) is 2.76. The molecule has 0 aromatic carbocycles. The van der Waals surface area contributed by atoms with Crippen LogP contribution in [0.1, 0.15) is 26.2 Å². The van der Waals surface area contributed by atoms with Crippen LogP contribution < -0.4 is 10.1 Å². The van der Waals surface area contributed by atoms with Crippen molar-refractivity contribution in [1.29, 1.82) is 0 Å². The van der Waals surface area contributed by atoms with Gasteiger partial charge >= 0.3 is 0 Å². The van der Waals surface area contributed by atoms with E-state index in [0.717, 1.165) is 19.3 Å². The van der Waals surface area contributed by atoms with Gasteiger partial charge in [0.2, 0.25) is 5.88 Å². The van der Waals surface area contributed by atoms with Crippen LogP contribution in [0.2, 0.25) is 0 Å². The van der Waals surface area contributed by atoms with Gasteiger partial charge in [0.1, 0.15) is 17.7 Å². The molecule has 0 saturated carbocycles. The summed E-state index contributed by atoms with van der Waals surface area (Å²) in [5, 5.41) is 2.73. The Morgan fingerprint density at radius 2 is 2.33 bits per heavy atom. The third-order valence-electron chi connectivity index (χ3n) is 3.04. The van der Waals surface area contributed by atoms with Crippen molar-refractivity contribution in [2.45, 2.75) is 31.8 Å². The van der Waals surface area contributed by atoms with Crippen LogP contribution in [-0.2, 0) is 9.53 Å². The molecule has 2 heterocycles. The minimum Gasteiger partial charge on any atom is -0.481 e. The van der Waals surface area contributed by atoms with E-state index in [1.807, 2.05) is 0 Å². The molecular formula is C12H17N3O3. The fourth-order valence-corrected chi connectivity index (χ4v) is 1.88. The predicted octanol–water partition coefficient (Wildman–Crippen LogP) is 1.38. The van der Waals surface area contributed by atoms with Crippen LogP contribution >= 0.6 is 0 Å². The Balaban J connectivity index is 2.05. The molecule has 6 heteroatoms. The van der Waals surface area contributed by atoms with Gasteiger partial charge in [0, 0.05) is 12.7 Å². The van der Waals surface area contributed by atoms with Gasteiger partial charge < -0.3 is 14.8 Å². The number of amides is 1. The first-order chi connectivity index (χ1) is 8.64. The van der Waals surface area contributed by atoms with Gasteiger partial charge in [0.25, 0.3) is 5.91 Å². The lowest BCUT2D eigenvalue weighted by Gasteiger charge is -2.32. The summed E-state index contributed by atoms with van der Waals surface area (Å²) in [6.07, 6.45) is 4.07. The Morgan fingerprint density at radius 3 is 3.00 bits per heavy atom. The normalized spacial score (nSPS) is 23.4. The average Bonchev–Trinajstić information content (AvgIpc) is 2.40. The Bertz CT molecular complexity index is 430. The lowest BCUT2D eigenvalue weighted by Crippen LogP contribution is -2.45. The summed E-state index contributed by atoms with van der Waals surface area (Å²) in [5.74, 6) is 0.653. The largest absolute Gasteiger partial charge is 0.481 e. The summed E-state index contributed by atoms with van der Waals surface area (Å²) in [6.45, 7) is 2.43. The molecule has 0 spiro atoms. The van der Waals surface area contributed by atoms with E-state index in [1.54, 1.807) is 13.0 Å². The zero-order valence-corrected chi connectivity index (χ0v) is 10.6. The fourth-order valence-electron chi connectivity index (χ4n) is 1.88. The van der Waals surface area contributed by atoms with Crippen molar-refractivity contribution in [2.24, 2.45) is 0 Å². The topological polar surface area (TPSA) is 73.3 Å². The van der Waals surface area contributed by atoms with Crippen LogP contribution in [0.4, 0.5) is 5.82 Å². The first-order valence-electron chi connectivity index (χ1n) is 5.95. The molecule has 0 radical (unpaired) electrons. The Labute approximate surface area is 106 Å². The molecule has 1 aliphatic heterocycles. The van der Waals surface area contributed by atoms with Crippen molar-refractivity contribution in [2.75, 3.05) is 19.0 Å². The molecule has 98 valence electrons. The minimum atomic E-state index is -0.767. The second-order valence-electron chi connectivity index (χ2n) is 4.44. The van der Waals surface area contributed by atoms with E-state index < -0.39 is 5.60 Å². The summed E-state index contributed by atoms with van der Waals surface area (Å²) in [4.78, 5) is 20.0. The minimum absolute atomic E-state index is 0.178. The highest BCUT2D eigenvalue weighted by atomic mass is 16.5. The summed E-state index contributed by atoms with van der Waals surface area (Å²) in [6, 6.07) is 1.57. The molecule has 6 nitrogen and oxygen atoms in total. The maximum Gasteiger partial charge on any atom is 0.257 e. The number of methoxy groups -OCH3 is 1. The van der Waals surface area contributed by atoms with Crippen LogP contribution in [-0.4, -0.2) is 35.2 Å². The molecule has 1 atom stereocenters. The van der Waals surface area contributed by atoms with Crippen LogP contribution in [0.25, 0.3) is 0 Å². The van der Waals surface area contributed by atoms with E-state index in [-0.39, 0.29) is 5.91 Å². The molecule has 18 heavy (non-hydrogen) atoms. The van der Waals surface area contributed by atoms with Crippen molar-refractivity contribution in [1.82, 2.24) is 9.97 Å². The lowest BCUT2D eigenvalue weighted by atomic mass is 9.95. The maximum absolute atomic E-state index is 12.2. The molecule has 1 unspecified atom stereocenters. The van der Waals surface area contributed by atoms with Gasteiger partial charge in [-0.25, -0.2) is 9.97 Å². The van der Waals surface area contributed by atoms with Gasteiger partial charge in [0.05, 0.1) is 7.11 Å². The molecule has 0 bridgehead atoms. The molecule has 1 aliphatic rings. The molecule has 1 amide bonds. The Hall–Kier alpha value is -1.69. The van der Waals surface area contributed by atoms with Gasteiger partial charge in [0.15, 0.2) is 0 Å². The molecule has 1 fully saturated rings. The fraction of sp³-hybridized carbons (Fsp3) is 0.583. The highest BCUT2D eigenvalue weighted by molar-refractivity contribution is 5.96. The SMILES string of the molecule is COc1cc(NC(=O)C2(C)CCCCO2)ncn1. The summed E-state index contributed by atoms with van der Waals surface area (Å²) in [5.41, 5.74) is -0.767. The van der Waals surface area contributed by atoms with Crippen molar-refractivity contribution < 1.29 is 14.3 Å². The first-order valence-corrected chi connectivity index (χ1v) is 5.95. The number of anilines is 1. The molecule has 1 N–H and O–H groups in total. The number of ether oxygens (including phenoxy) is 2. The molecule has 1 saturated heterocycles. The van der Waals surface area contributed by atoms with Gasteiger partial charge in [-0.1, -0.05) is 0 Å². The van der Waals surface area contributed by atoms with Crippen LogP contribution in [0, 0.1) is 0 Å². The highest BCUT2D eigenvalue weighted by Crippen LogP contribution is 2.25. The van der Waals surface area contributed by atoms with Gasteiger partial charge in [-0.2, -0.15) is 0 Å². The third-order valence-corrected chi connectivity index (χ3v) is 3.04. The monoisotopic (exact) mass is 251 g/mol. The smallest absolute Gasteiger partial charge is 0.257 e. The van der Waals surface area contributed by atoms with Crippen LogP contribution in [0.15, 0.2) is 12.4 Å². The highest BCUT2D eigenvalue weighted by Gasteiger charge is 2.36. The second-order valence-corrected chi connectivity index (χ2v) is 4.44. The summed E-state index contributed by atoms with van der Waals surface area (Å²) >= 11 is 0. The summed E-state index contributed by atoms with van der Waals surface area (Å²) < 4.78 is 10.5. The number of hydrogen-bond donors (Lipinski definition) is 1. The number of carbonyl (C=O) groups excluding carboxylic acids is 1. The predicted molar refractivity (Wildman–Crippen MR) is 65.4 cm³/mol. The number of nitrogens with zero attached hydrogens (tertiary/aromatic N) is 2. The second kappa shape index (κ2) is 5.30. The number of aromatic nitrogens is 2. The van der Waals surface area contributed by atoms with Crippen molar-refractivity contribution in [3.05, 3.63) is 12.4 Å². The lowest BCUT2D eigenvalue weighted by molar-refractivity contribution is -0.144. The zero-order valence-electron chi connectivity index (χ0n) is 10.6. The molecule has 1 aromatic rings. The average molecular weight is 251 g/mol. The van der Waals surface area contributed by atoms with Crippen molar-refractivity contribution >= 4 is 11.7 Å². The molecule has 2 rings (SSSR count). The molecule has 0 aliphatic carbocycles. The van der Waals surface area contributed by atoms with Crippen LogP contribution in [0.3, 0.4) is 0 Å². The first kappa shape index (κ1) is 12.8. The Morgan fingerprint density at radius 1 is 1.50 bits per heavy atom. The van der Waals surface area contributed by atoms with Gasteiger partial charge in [-0.15, -0.1) is 0 Å².